The first-order valence-corrected chi connectivity index (χ1v) is 6.35. The minimum atomic E-state index is -0.231. The van der Waals surface area contributed by atoms with Gasteiger partial charge in [0.05, 0.1) is 19.3 Å². The highest BCUT2D eigenvalue weighted by Crippen LogP contribution is 2.41. The van der Waals surface area contributed by atoms with E-state index in [2.05, 4.69) is 25.1 Å². The molecule has 0 aromatic carbocycles. The van der Waals surface area contributed by atoms with E-state index in [1.807, 2.05) is 0 Å². The Bertz CT molecular complexity index is 272. The summed E-state index contributed by atoms with van der Waals surface area (Å²) in [7, 11) is 4.22. The summed E-state index contributed by atoms with van der Waals surface area (Å²) in [6.07, 6.45) is 6.60. The van der Waals surface area contributed by atoms with E-state index in [9.17, 15) is 5.26 Å². The molecule has 0 aromatic heterocycles. The third-order valence-corrected chi connectivity index (χ3v) is 4.16. The van der Waals surface area contributed by atoms with Crippen molar-refractivity contribution in [1.29, 1.82) is 5.26 Å². The largest absolute Gasteiger partial charge is 0.378 e. The molecule has 3 nitrogen and oxygen atoms in total. The molecule has 0 radical (unpaired) electrons. The van der Waals surface area contributed by atoms with E-state index in [4.69, 9.17) is 4.74 Å². The van der Waals surface area contributed by atoms with Gasteiger partial charge >= 0.3 is 0 Å². The lowest BCUT2D eigenvalue weighted by Gasteiger charge is -2.48. The van der Waals surface area contributed by atoms with Gasteiger partial charge in [-0.05, 0) is 32.9 Å². The molecule has 0 aromatic rings. The van der Waals surface area contributed by atoms with Crippen molar-refractivity contribution >= 4 is 0 Å². The zero-order valence-corrected chi connectivity index (χ0v) is 10.4. The van der Waals surface area contributed by atoms with E-state index in [0.717, 1.165) is 0 Å². The van der Waals surface area contributed by atoms with Crippen LogP contribution in [0.5, 0.6) is 0 Å². The molecule has 90 valence electrons. The fourth-order valence-corrected chi connectivity index (χ4v) is 3.44. The summed E-state index contributed by atoms with van der Waals surface area (Å²) in [5, 5.41) is 9.43. The van der Waals surface area contributed by atoms with Crippen molar-refractivity contribution in [2.45, 2.75) is 38.1 Å². The van der Waals surface area contributed by atoms with Crippen LogP contribution in [0, 0.1) is 22.7 Å². The molecular weight excluding hydrogens is 200 g/mol. The molecule has 1 saturated carbocycles. The number of nitrogens with zero attached hydrogens (tertiary/aromatic N) is 2. The lowest BCUT2D eigenvalue weighted by atomic mass is 9.69. The molecule has 2 fully saturated rings. The lowest BCUT2D eigenvalue weighted by molar-refractivity contribution is -0.129. The van der Waals surface area contributed by atoms with Crippen molar-refractivity contribution in [3.05, 3.63) is 0 Å². The second kappa shape index (κ2) is 4.73. The van der Waals surface area contributed by atoms with E-state index < -0.39 is 0 Å². The topological polar surface area (TPSA) is 36.3 Å². The van der Waals surface area contributed by atoms with Gasteiger partial charge in [-0.25, -0.2) is 0 Å². The summed E-state index contributed by atoms with van der Waals surface area (Å²) >= 11 is 0. The molecule has 0 N–H and O–H groups in total. The maximum Gasteiger partial charge on any atom is 0.119 e. The standard InChI is InChI=1S/C13H22N2O/c1-15(2)12(11-6-4-3-5-7-11)13(8-14)9-16-10-13/h11-12H,3-7,9-10H2,1-2H3. The molecule has 0 spiro atoms. The molecule has 1 aliphatic heterocycles. The zero-order chi connectivity index (χ0) is 11.6. The Balaban J connectivity index is 2.13. The van der Waals surface area contributed by atoms with Gasteiger partial charge in [0, 0.05) is 6.04 Å². The van der Waals surface area contributed by atoms with Crippen LogP contribution in [0.2, 0.25) is 0 Å². The molecule has 2 rings (SSSR count). The second-order valence-electron chi connectivity index (χ2n) is 5.57. The average Bonchev–Trinajstić information content (AvgIpc) is 2.24. The van der Waals surface area contributed by atoms with Crippen molar-refractivity contribution in [3.8, 4) is 6.07 Å². The molecule has 0 amide bonds. The predicted octanol–water partition coefficient (Wildman–Crippen LogP) is 2.04. The summed E-state index contributed by atoms with van der Waals surface area (Å²) in [5.41, 5.74) is -0.231. The van der Waals surface area contributed by atoms with Crippen molar-refractivity contribution in [2.75, 3.05) is 27.3 Å². The summed E-state index contributed by atoms with van der Waals surface area (Å²) in [4.78, 5) is 2.25. The van der Waals surface area contributed by atoms with Gasteiger partial charge in [0.25, 0.3) is 0 Å². The van der Waals surface area contributed by atoms with Crippen LogP contribution in [0.15, 0.2) is 0 Å². The van der Waals surface area contributed by atoms with Gasteiger partial charge in [-0.15, -0.1) is 0 Å². The Morgan fingerprint density at radius 2 is 1.88 bits per heavy atom. The number of ether oxygens (including phenoxy) is 1. The molecule has 3 heteroatoms. The van der Waals surface area contributed by atoms with E-state index in [1.165, 1.54) is 32.1 Å². The van der Waals surface area contributed by atoms with E-state index in [1.54, 1.807) is 0 Å². The maximum absolute atomic E-state index is 9.43. The van der Waals surface area contributed by atoms with Crippen LogP contribution in [0.4, 0.5) is 0 Å². The first kappa shape index (κ1) is 11.9. The van der Waals surface area contributed by atoms with Gasteiger partial charge < -0.3 is 9.64 Å². The van der Waals surface area contributed by atoms with Crippen LogP contribution >= 0.6 is 0 Å². The molecule has 2 aliphatic rings. The molecule has 1 unspecified atom stereocenters. The predicted molar refractivity (Wildman–Crippen MR) is 62.9 cm³/mol. The average molecular weight is 222 g/mol. The van der Waals surface area contributed by atoms with E-state index >= 15 is 0 Å². The highest BCUT2D eigenvalue weighted by Gasteiger charge is 2.50. The van der Waals surface area contributed by atoms with Gasteiger partial charge in [-0.3, -0.25) is 0 Å². The minimum absolute atomic E-state index is 0.231. The van der Waals surface area contributed by atoms with Crippen LogP contribution in [0.25, 0.3) is 0 Å². The highest BCUT2D eigenvalue weighted by molar-refractivity contribution is 5.12. The van der Waals surface area contributed by atoms with Gasteiger partial charge in [0.1, 0.15) is 5.41 Å². The first-order valence-electron chi connectivity index (χ1n) is 6.35. The van der Waals surface area contributed by atoms with Crippen molar-refractivity contribution < 1.29 is 4.74 Å². The monoisotopic (exact) mass is 222 g/mol. The van der Waals surface area contributed by atoms with Crippen LogP contribution in [-0.2, 0) is 4.74 Å². The SMILES string of the molecule is CN(C)C(C1CCCCC1)C1(C#N)COC1. The minimum Gasteiger partial charge on any atom is -0.378 e. The van der Waals surface area contributed by atoms with Gasteiger partial charge in [0.15, 0.2) is 0 Å². The van der Waals surface area contributed by atoms with Gasteiger partial charge in [-0.2, -0.15) is 5.26 Å². The molecule has 1 aliphatic carbocycles. The molecule has 16 heavy (non-hydrogen) atoms. The normalized spacial score (nSPS) is 27.1. The third kappa shape index (κ3) is 1.97. The molecular formula is C13H22N2O. The number of nitriles is 1. The maximum atomic E-state index is 9.43. The Morgan fingerprint density at radius 1 is 1.25 bits per heavy atom. The quantitative estimate of drug-likeness (QED) is 0.733. The van der Waals surface area contributed by atoms with Crippen LogP contribution < -0.4 is 0 Å². The number of hydrogen-bond donors (Lipinski definition) is 0. The highest BCUT2D eigenvalue weighted by atomic mass is 16.5. The van der Waals surface area contributed by atoms with Gasteiger partial charge in [-0.1, -0.05) is 19.3 Å². The number of rotatable bonds is 3. The molecule has 1 atom stereocenters. The molecule has 0 bridgehead atoms. The smallest absolute Gasteiger partial charge is 0.119 e. The van der Waals surface area contributed by atoms with Crippen LogP contribution in [0.3, 0.4) is 0 Å². The van der Waals surface area contributed by atoms with E-state index in [-0.39, 0.29) is 5.41 Å². The summed E-state index contributed by atoms with van der Waals surface area (Å²) in [6.45, 7) is 1.26. The third-order valence-electron chi connectivity index (χ3n) is 4.16. The van der Waals surface area contributed by atoms with Gasteiger partial charge in [0.2, 0.25) is 0 Å². The molecule has 1 heterocycles. The van der Waals surface area contributed by atoms with E-state index in [0.29, 0.717) is 25.2 Å². The Labute approximate surface area is 98.4 Å². The molecule has 1 saturated heterocycles. The fourth-order valence-electron chi connectivity index (χ4n) is 3.44. The second-order valence-corrected chi connectivity index (χ2v) is 5.57. The van der Waals surface area contributed by atoms with Crippen molar-refractivity contribution in [2.24, 2.45) is 11.3 Å². The summed E-state index contributed by atoms with van der Waals surface area (Å²) in [5.74, 6) is 0.687. The lowest BCUT2D eigenvalue weighted by Crippen LogP contribution is -2.58. The Kier molecular flexibility index (Phi) is 3.51. The first-order chi connectivity index (χ1) is 7.69. The van der Waals surface area contributed by atoms with Crippen LogP contribution in [-0.4, -0.2) is 38.3 Å². The zero-order valence-electron chi connectivity index (χ0n) is 10.4. The van der Waals surface area contributed by atoms with Crippen LogP contribution in [0.1, 0.15) is 32.1 Å². The number of hydrogen-bond acceptors (Lipinski definition) is 3. The summed E-state index contributed by atoms with van der Waals surface area (Å²) in [6, 6.07) is 2.91. The van der Waals surface area contributed by atoms with Crippen molar-refractivity contribution in [1.82, 2.24) is 4.90 Å². The Morgan fingerprint density at radius 3 is 2.25 bits per heavy atom. The fraction of sp³-hybridized carbons (Fsp3) is 0.923. The van der Waals surface area contributed by atoms with Crippen molar-refractivity contribution in [3.63, 3.8) is 0 Å². The Hall–Kier alpha value is -0.590. The summed E-state index contributed by atoms with van der Waals surface area (Å²) < 4.78 is 5.30.